The Bertz CT molecular complexity index is 399. The van der Waals surface area contributed by atoms with Crippen LogP contribution in [0.1, 0.15) is 18.1 Å². The summed E-state index contributed by atoms with van der Waals surface area (Å²) in [4.78, 5) is 11.3. The third-order valence-corrected chi connectivity index (χ3v) is 2.50. The fourth-order valence-corrected chi connectivity index (χ4v) is 1.78. The van der Waals surface area contributed by atoms with Crippen LogP contribution in [0.2, 0.25) is 0 Å². The first-order chi connectivity index (χ1) is 8.13. The molecule has 0 aromatic heterocycles. The molecule has 0 saturated heterocycles. The lowest BCUT2D eigenvalue weighted by atomic mass is 10.0. The second-order valence-electron chi connectivity index (χ2n) is 3.74. The normalized spacial score (nSPS) is 10.1. The predicted molar refractivity (Wildman–Crippen MR) is 64.6 cm³/mol. The number of ketones is 1. The Kier molecular flexibility index (Phi) is 4.97. The molecule has 4 nitrogen and oxygen atoms in total. The molecule has 1 aromatic rings. The third kappa shape index (κ3) is 3.20. The summed E-state index contributed by atoms with van der Waals surface area (Å²) >= 11 is 0. The molecule has 0 bridgehead atoms. The highest BCUT2D eigenvalue weighted by Gasteiger charge is 2.16. The smallest absolute Gasteiger partial charge is 0.134 e. The third-order valence-electron chi connectivity index (χ3n) is 2.50. The minimum atomic E-state index is 0.0777. The molecule has 0 amide bonds. The van der Waals surface area contributed by atoms with E-state index in [1.165, 1.54) is 0 Å². The van der Waals surface area contributed by atoms with Crippen molar-refractivity contribution in [3.05, 3.63) is 23.3 Å². The number of carbonyl (C=O) groups is 1. The van der Waals surface area contributed by atoms with Crippen molar-refractivity contribution < 1.29 is 19.0 Å². The van der Waals surface area contributed by atoms with Crippen molar-refractivity contribution in [2.24, 2.45) is 0 Å². The lowest BCUT2D eigenvalue weighted by molar-refractivity contribution is -0.116. The van der Waals surface area contributed by atoms with Crippen molar-refractivity contribution in [3.63, 3.8) is 0 Å². The number of Topliss-reactive ketones (excluding diaryl/α,β-unsaturated/α-hetero) is 1. The molecule has 0 radical (unpaired) electrons. The van der Waals surface area contributed by atoms with E-state index in [-0.39, 0.29) is 5.78 Å². The average molecular weight is 238 g/mol. The fourth-order valence-electron chi connectivity index (χ4n) is 1.78. The van der Waals surface area contributed by atoms with Crippen LogP contribution in [-0.2, 0) is 22.6 Å². The molecule has 0 aliphatic carbocycles. The molecule has 1 aromatic carbocycles. The lowest BCUT2D eigenvalue weighted by Gasteiger charge is -2.16. The maximum Gasteiger partial charge on any atom is 0.134 e. The van der Waals surface area contributed by atoms with Gasteiger partial charge in [-0.1, -0.05) is 0 Å². The summed E-state index contributed by atoms with van der Waals surface area (Å²) in [5, 5.41) is 0. The van der Waals surface area contributed by atoms with E-state index in [1.54, 1.807) is 34.3 Å². The molecule has 0 saturated carbocycles. The van der Waals surface area contributed by atoms with E-state index in [1.807, 2.05) is 6.07 Å². The zero-order valence-electron chi connectivity index (χ0n) is 10.7. The standard InChI is InChI=1S/C13H18O4/c1-9(14)7-10-11(8-15-2)13(17-4)6-5-12(10)16-3/h5-6H,7-8H2,1-4H3. The van der Waals surface area contributed by atoms with Gasteiger partial charge in [-0.05, 0) is 19.1 Å². The number of hydrogen-bond donors (Lipinski definition) is 0. The SMILES string of the molecule is COCc1c(OC)ccc(OC)c1CC(C)=O. The van der Waals surface area contributed by atoms with E-state index in [0.29, 0.717) is 24.5 Å². The van der Waals surface area contributed by atoms with E-state index < -0.39 is 0 Å². The van der Waals surface area contributed by atoms with Crippen LogP contribution >= 0.6 is 0 Å². The highest BCUT2D eigenvalue weighted by atomic mass is 16.5. The van der Waals surface area contributed by atoms with Gasteiger partial charge in [0.1, 0.15) is 17.3 Å². The number of rotatable bonds is 6. The Morgan fingerprint density at radius 1 is 1.06 bits per heavy atom. The summed E-state index contributed by atoms with van der Waals surface area (Å²) in [5.74, 6) is 1.48. The van der Waals surface area contributed by atoms with Gasteiger partial charge in [0.25, 0.3) is 0 Å². The van der Waals surface area contributed by atoms with Crippen LogP contribution in [0, 0.1) is 0 Å². The number of benzene rings is 1. The summed E-state index contributed by atoms with van der Waals surface area (Å²) in [7, 11) is 4.79. The number of methoxy groups -OCH3 is 3. The number of ether oxygens (including phenoxy) is 3. The summed E-state index contributed by atoms with van der Waals surface area (Å²) in [6.45, 7) is 1.94. The van der Waals surface area contributed by atoms with Gasteiger partial charge >= 0.3 is 0 Å². The van der Waals surface area contributed by atoms with E-state index >= 15 is 0 Å². The van der Waals surface area contributed by atoms with E-state index in [4.69, 9.17) is 14.2 Å². The van der Waals surface area contributed by atoms with Gasteiger partial charge in [-0.15, -0.1) is 0 Å². The maximum atomic E-state index is 11.3. The molecule has 0 unspecified atom stereocenters. The van der Waals surface area contributed by atoms with Gasteiger partial charge in [-0.2, -0.15) is 0 Å². The van der Waals surface area contributed by atoms with Crippen molar-refractivity contribution >= 4 is 5.78 Å². The van der Waals surface area contributed by atoms with Crippen LogP contribution in [-0.4, -0.2) is 27.1 Å². The van der Waals surface area contributed by atoms with Crippen molar-refractivity contribution in [1.29, 1.82) is 0 Å². The van der Waals surface area contributed by atoms with Crippen molar-refractivity contribution in [1.82, 2.24) is 0 Å². The van der Waals surface area contributed by atoms with E-state index in [2.05, 4.69) is 0 Å². The second kappa shape index (κ2) is 6.25. The average Bonchev–Trinajstić information content (AvgIpc) is 2.30. The van der Waals surface area contributed by atoms with Gasteiger partial charge in [-0.3, -0.25) is 4.79 Å². The molecule has 0 heterocycles. The van der Waals surface area contributed by atoms with Gasteiger partial charge in [0.2, 0.25) is 0 Å². The Balaban J connectivity index is 3.29. The summed E-state index contributed by atoms with van der Waals surface area (Å²) < 4.78 is 15.7. The van der Waals surface area contributed by atoms with Gasteiger partial charge in [0.05, 0.1) is 20.8 Å². The van der Waals surface area contributed by atoms with Gasteiger partial charge < -0.3 is 14.2 Å². The largest absolute Gasteiger partial charge is 0.496 e. The van der Waals surface area contributed by atoms with Crippen molar-refractivity contribution in [3.8, 4) is 11.5 Å². The quantitative estimate of drug-likeness (QED) is 0.760. The van der Waals surface area contributed by atoms with Crippen molar-refractivity contribution in [2.45, 2.75) is 20.0 Å². The highest BCUT2D eigenvalue weighted by molar-refractivity contribution is 5.79. The summed E-state index contributed by atoms with van der Waals surface area (Å²) in [5.41, 5.74) is 1.70. The van der Waals surface area contributed by atoms with Crippen LogP contribution in [0.15, 0.2) is 12.1 Å². The molecule has 0 spiro atoms. The zero-order valence-corrected chi connectivity index (χ0v) is 10.7. The fraction of sp³-hybridized carbons (Fsp3) is 0.462. The Hall–Kier alpha value is -1.55. The number of hydrogen-bond acceptors (Lipinski definition) is 4. The van der Waals surface area contributed by atoms with E-state index in [9.17, 15) is 4.79 Å². The van der Waals surface area contributed by atoms with Gasteiger partial charge in [0.15, 0.2) is 0 Å². The molecule has 0 atom stereocenters. The first-order valence-corrected chi connectivity index (χ1v) is 5.35. The van der Waals surface area contributed by atoms with Gasteiger partial charge in [-0.25, -0.2) is 0 Å². The molecule has 1 rings (SSSR count). The van der Waals surface area contributed by atoms with Gasteiger partial charge in [0, 0.05) is 24.7 Å². The molecule has 94 valence electrons. The Labute approximate surface area is 101 Å². The summed E-state index contributed by atoms with van der Waals surface area (Å²) in [6.07, 6.45) is 0.319. The predicted octanol–water partition coefficient (Wildman–Crippen LogP) is 1.98. The van der Waals surface area contributed by atoms with E-state index in [0.717, 1.165) is 11.1 Å². The van der Waals surface area contributed by atoms with Crippen LogP contribution in [0.25, 0.3) is 0 Å². The molecular formula is C13H18O4. The maximum absolute atomic E-state index is 11.3. The monoisotopic (exact) mass is 238 g/mol. The lowest BCUT2D eigenvalue weighted by Crippen LogP contribution is -2.06. The molecule has 0 N–H and O–H groups in total. The van der Waals surface area contributed by atoms with Crippen molar-refractivity contribution in [2.75, 3.05) is 21.3 Å². The van der Waals surface area contributed by atoms with Crippen LogP contribution < -0.4 is 9.47 Å². The first-order valence-electron chi connectivity index (χ1n) is 5.35. The summed E-state index contributed by atoms with van der Waals surface area (Å²) in [6, 6.07) is 3.62. The molecule has 17 heavy (non-hydrogen) atoms. The minimum Gasteiger partial charge on any atom is -0.496 e. The van der Waals surface area contributed by atoms with Crippen LogP contribution in [0.3, 0.4) is 0 Å². The molecular weight excluding hydrogens is 220 g/mol. The second-order valence-corrected chi connectivity index (χ2v) is 3.74. The molecule has 0 aliphatic heterocycles. The highest BCUT2D eigenvalue weighted by Crippen LogP contribution is 2.31. The van der Waals surface area contributed by atoms with Crippen LogP contribution in [0.4, 0.5) is 0 Å². The molecule has 4 heteroatoms. The Morgan fingerprint density at radius 3 is 2.00 bits per heavy atom. The molecule has 0 fully saturated rings. The first kappa shape index (κ1) is 13.5. The van der Waals surface area contributed by atoms with Crippen LogP contribution in [0.5, 0.6) is 11.5 Å². The molecule has 0 aliphatic rings. The Morgan fingerprint density at radius 2 is 1.59 bits per heavy atom. The number of carbonyl (C=O) groups excluding carboxylic acids is 1. The minimum absolute atomic E-state index is 0.0777. The topological polar surface area (TPSA) is 44.8 Å². The zero-order chi connectivity index (χ0) is 12.8.